The van der Waals surface area contributed by atoms with Crippen LogP contribution >= 0.6 is 34.2 Å². The van der Waals surface area contributed by atoms with Crippen LogP contribution in [0.4, 0.5) is 0 Å². The Bertz CT molecular complexity index is 855. The fraction of sp³-hybridized carbons (Fsp3) is 0.0556. The summed E-state index contributed by atoms with van der Waals surface area (Å²) in [6.45, 7) is 1.97. The first-order chi connectivity index (χ1) is 10.1. The molecule has 0 aliphatic rings. The SMILES string of the molecule is Cc1ccc2ccccc2c1C(=O)c1ccc(I)c(Cl)c1. The quantitative estimate of drug-likeness (QED) is 0.398. The molecule has 1 nitrogen and oxygen atoms in total. The smallest absolute Gasteiger partial charge is 0.193 e. The van der Waals surface area contributed by atoms with Crippen LogP contribution in [0, 0.1) is 10.5 Å². The number of aryl methyl sites for hydroxylation is 1. The molecule has 0 heterocycles. The summed E-state index contributed by atoms with van der Waals surface area (Å²) in [7, 11) is 0. The van der Waals surface area contributed by atoms with Gasteiger partial charge in [0.1, 0.15) is 0 Å². The zero-order valence-electron chi connectivity index (χ0n) is 11.4. The van der Waals surface area contributed by atoms with Gasteiger partial charge in [-0.3, -0.25) is 4.79 Å². The second-order valence-electron chi connectivity index (χ2n) is 4.94. The van der Waals surface area contributed by atoms with Crippen LogP contribution in [0.5, 0.6) is 0 Å². The van der Waals surface area contributed by atoms with Gasteiger partial charge in [-0.05, 0) is 64.0 Å². The zero-order chi connectivity index (χ0) is 15.0. The monoisotopic (exact) mass is 406 g/mol. The Hall–Kier alpha value is -1.39. The Morgan fingerprint density at radius 1 is 1.05 bits per heavy atom. The highest BCUT2D eigenvalue weighted by Crippen LogP contribution is 2.27. The predicted molar refractivity (Wildman–Crippen MR) is 96.3 cm³/mol. The molecule has 3 rings (SSSR count). The van der Waals surface area contributed by atoms with E-state index in [0.29, 0.717) is 10.6 Å². The number of hydrogen-bond acceptors (Lipinski definition) is 1. The molecule has 0 aromatic heterocycles. The zero-order valence-corrected chi connectivity index (χ0v) is 14.3. The van der Waals surface area contributed by atoms with Crippen molar-refractivity contribution < 1.29 is 4.79 Å². The van der Waals surface area contributed by atoms with Crippen molar-refractivity contribution in [1.82, 2.24) is 0 Å². The number of benzene rings is 3. The first-order valence-corrected chi connectivity index (χ1v) is 8.01. The van der Waals surface area contributed by atoms with Crippen molar-refractivity contribution in [2.45, 2.75) is 6.92 Å². The summed E-state index contributed by atoms with van der Waals surface area (Å²) in [4.78, 5) is 12.9. The van der Waals surface area contributed by atoms with Gasteiger partial charge in [-0.1, -0.05) is 48.0 Å². The van der Waals surface area contributed by atoms with Crippen LogP contribution in [-0.2, 0) is 0 Å². The van der Waals surface area contributed by atoms with Gasteiger partial charge in [0.05, 0.1) is 5.02 Å². The van der Waals surface area contributed by atoms with Crippen LogP contribution in [0.2, 0.25) is 5.02 Å². The molecule has 0 saturated heterocycles. The fourth-order valence-electron chi connectivity index (χ4n) is 2.46. The van der Waals surface area contributed by atoms with Gasteiger partial charge in [-0.2, -0.15) is 0 Å². The van der Waals surface area contributed by atoms with Crippen LogP contribution in [0.25, 0.3) is 10.8 Å². The molecular weight excluding hydrogens is 395 g/mol. The summed E-state index contributed by atoms with van der Waals surface area (Å²) in [5, 5.41) is 2.67. The molecule has 0 radical (unpaired) electrons. The van der Waals surface area contributed by atoms with E-state index in [2.05, 4.69) is 22.6 Å². The Morgan fingerprint density at radius 2 is 1.81 bits per heavy atom. The Balaban J connectivity index is 2.21. The van der Waals surface area contributed by atoms with Crippen molar-refractivity contribution in [2.75, 3.05) is 0 Å². The molecule has 0 aliphatic heterocycles. The van der Waals surface area contributed by atoms with Gasteiger partial charge in [0.2, 0.25) is 0 Å². The van der Waals surface area contributed by atoms with Gasteiger partial charge in [0, 0.05) is 14.7 Å². The number of rotatable bonds is 2. The molecule has 3 heteroatoms. The van der Waals surface area contributed by atoms with Crippen molar-refractivity contribution in [3.8, 4) is 0 Å². The summed E-state index contributed by atoms with van der Waals surface area (Å²) in [5.41, 5.74) is 2.36. The summed E-state index contributed by atoms with van der Waals surface area (Å²) >= 11 is 8.30. The summed E-state index contributed by atoms with van der Waals surface area (Å²) in [6.07, 6.45) is 0. The standard InChI is InChI=1S/C18H12ClIO/c1-11-6-7-12-4-2-3-5-14(12)17(11)18(21)13-8-9-16(20)15(19)10-13/h2-10H,1H3. The van der Waals surface area contributed by atoms with Gasteiger partial charge in [0.15, 0.2) is 5.78 Å². The largest absolute Gasteiger partial charge is 0.289 e. The molecule has 0 saturated carbocycles. The number of halogens is 2. The number of hydrogen-bond donors (Lipinski definition) is 0. The number of fused-ring (bicyclic) bond motifs is 1. The number of carbonyl (C=O) groups excluding carboxylic acids is 1. The Kier molecular flexibility index (Phi) is 4.00. The van der Waals surface area contributed by atoms with Crippen molar-refractivity contribution in [2.24, 2.45) is 0 Å². The lowest BCUT2D eigenvalue weighted by atomic mass is 9.93. The van der Waals surface area contributed by atoms with Crippen molar-refractivity contribution in [3.63, 3.8) is 0 Å². The normalized spacial score (nSPS) is 10.8. The maximum atomic E-state index is 12.9. The van der Waals surface area contributed by atoms with Gasteiger partial charge in [-0.15, -0.1) is 0 Å². The van der Waals surface area contributed by atoms with Crippen molar-refractivity contribution >= 4 is 50.7 Å². The summed E-state index contributed by atoms with van der Waals surface area (Å²) in [5.74, 6) is 0.0163. The minimum atomic E-state index is 0.0163. The molecule has 3 aromatic carbocycles. The van der Waals surface area contributed by atoms with Crippen molar-refractivity contribution in [1.29, 1.82) is 0 Å². The fourth-order valence-corrected chi connectivity index (χ4v) is 2.98. The lowest BCUT2D eigenvalue weighted by molar-refractivity contribution is 0.103. The molecule has 0 amide bonds. The van der Waals surface area contributed by atoms with E-state index in [1.165, 1.54) is 0 Å². The van der Waals surface area contributed by atoms with E-state index in [0.717, 1.165) is 25.5 Å². The molecule has 0 aliphatic carbocycles. The average molecular weight is 407 g/mol. The minimum absolute atomic E-state index is 0.0163. The third-order valence-electron chi connectivity index (χ3n) is 3.55. The molecule has 0 unspecified atom stereocenters. The van der Waals surface area contributed by atoms with Gasteiger partial charge in [0.25, 0.3) is 0 Å². The van der Waals surface area contributed by atoms with Crippen LogP contribution in [0.15, 0.2) is 54.6 Å². The summed E-state index contributed by atoms with van der Waals surface area (Å²) in [6, 6.07) is 17.4. The first-order valence-electron chi connectivity index (χ1n) is 6.56. The minimum Gasteiger partial charge on any atom is -0.289 e. The van der Waals surface area contributed by atoms with Gasteiger partial charge >= 0.3 is 0 Å². The second-order valence-corrected chi connectivity index (χ2v) is 6.51. The summed E-state index contributed by atoms with van der Waals surface area (Å²) < 4.78 is 0.945. The topological polar surface area (TPSA) is 17.1 Å². The molecular formula is C18H12ClIO. The molecule has 0 atom stereocenters. The highest BCUT2D eigenvalue weighted by atomic mass is 127. The van der Waals surface area contributed by atoms with Gasteiger partial charge < -0.3 is 0 Å². The third-order valence-corrected chi connectivity index (χ3v) is 5.12. The maximum Gasteiger partial charge on any atom is 0.193 e. The highest BCUT2D eigenvalue weighted by Gasteiger charge is 2.16. The number of carbonyl (C=O) groups is 1. The van der Waals surface area contributed by atoms with E-state index in [-0.39, 0.29) is 5.78 Å². The molecule has 0 fully saturated rings. The van der Waals surface area contributed by atoms with E-state index in [4.69, 9.17) is 11.6 Å². The molecule has 0 spiro atoms. The van der Waals surface area contributed by atoms with Crippen LogP contribution in [0.1, 0.15) is 21.5 Å². The molecule has 0 bridgehead atoms. The van der Waals surface area contributed by atoms with E-state index < -0.39 is 0 Å². The van der Waals surface area contributed by atoms with Crippen LogP contribution in [-0.4, -0.2) is 5.78 Å². The molecule has 104 valence electrons. The molecule has 21 heavy (non-hydrogen) atoms. The van der Waals surface area contributed by atoms with Crippen LogP contribution in [0.3, 0.4) is 0 Å². The van der Waals surface area contributed by atoms with Crippen LogP contribution < -0.4 is 0 Å². The Labute approximate surface area is 142 Å². The van der Waals surface area contributed by atoms with Crippen molar-refractivity contribution in [3.05, 3.63) is 79.9 Å². The average Bonchev–Trinajstić information content (AvgIpc) is 2.49. The molecule has 3 aromatic rings. The van der Waals surface area contributed by atoms with E-state index in [1.807, 2.05) is 55.5 Å². The lowest BCUT2D eigenvalue weighted by Gasteiger charge is -2.10. The lowest BCUT2D eigenvalue weighted by Crippen LogP contribution is -2.05. The molecule has 0 N–H and O–H groups in total. The maximum absolute atomic E-state index is 12.9. The third kappa shape index (κ3) is 2.70. The highest BCUT2D eigenvalue weighted by molar-refractivity contribution is 14.1. The van der Waals surface area contributed by atoms with Gasteiger partial charge in [-0.25, -0.2) is 0 Å². The van der Waals surface area contributed by atoms with E-state index in [1.54, 1.807) is 6.07 Å². The Morgan fingerprint density at radius 3 is 2.57 bits per heavy atom. The number of ketones is 1. The second kappa shape index (κ2) is 5.78. The first kappa shape index (κ1) is 14.5. The predicted octanol–water partition coefficient (Wildman–Crippen LogP) is 5.64. The van der Waals surface area contributed by atoms with E-state index >= 15 is 0 Å². The van der Waals surface area contributed by atoms with E-state index in [9.17, 15) is 4.79 Å².